The first-order chi connectivity index (χ1) is 12.5. The molecule has 0 radical (unpaired) electrons. The van der Waals surface area contributed by atoms with E-state index in [-0.39, 0.29) is 12.3 Å². The van der Waals surface area contributed by atoms with Crippen LogP contribution in [0.25, 0.3) is 11.0 Å². The van der Waals surface area contributed by atoms with E-state index in [2.05, 4.69) is 0 Å². The maximum Gasteiger partial charge on any atom is 0.311 e. The molecule has 2 aromatic rings. The lowest BCUT2D eigenvalue weighted by Crippen LogP contribution is -2.40. The number of esters is 1. The van der Waals surface area contributed by atoms with Crippen molar-refractivity contribution in [3.05, 3.63) is 35.1 Å². The number of likely N-dealkylation sites (tertiary alicyclic amines) is 1. The molecule has 2 heterocycles. The van der Waals surface area contributed by atoms with Crippen molar-refractivity contribution < 1.29 is 18.7 Å². The summed E-state index contributed by atoms with van der Waals surface area (Å²) < 4.78 is 11.0. The fourth-order valence-electron chi connectivity index (χ4n) is 3.47. The Morgan fingerprint density at radius 3 is 2.46 bits per heavy atom. The zero-order chi connectivity index (χ0) is 18.7. The third-order valence-corrected chi connectivity index (χ3v) is 5.18. The fraction of sp³-hybridized carbons (Fsp3) is 0.524. The van der Waals surface area contributed by atoms with Crippen LogP contribution in [0.2, 0.25) is 0 Å². The standard InChI is InChI=1S/C21H27NO4/c1-14-10-18-17(13-25-19(18)11-15(14)2)12-20(23)26-16(3)21(24)22-8-6-4-5-7-9-22/h10-11,13,16H,4-9,12H2,1-3H3/t16-/m1/s1. The Labute approximate surface area is 154 Å². The lowest BCUT2D eigenvalue weighted by molar-refractivity contribution is -0.158. The van der Waals surface area contributed by atoms with Crippen LogP contribution in [0.3, 0.4) is 0 Å². The Morgan fingerprint density at radius 2 is 1.77 bits per heavy atom. The van der Waals surface area contributed by atoms with Crippen molar-refractivity contribution in [3.8, 4) is 0 Å². The zero-order valence-corrected chi connectivity index (χ0v) is 15.8. The van der Waals surface area contributed by atoms with Gasteiger partial charge in [0.05, 0.1) is 12.7 Å². The predicted molar refractivity (Wildman–Crippen MR) is 100.0 cm³/mol. The molecule has 1 saturated heterocycles. The summed E-state index contributed by atoms with van der Waals surface area (Å²) >= 11 is 0. The van der Waals surface area contributed by atoms with Gasteiger partial charge < -0.3 is 14.1 Å². The average molecular weight is 357 g/mol. The van der Waals surface area contributed by atoms with Crippen molar-refractivity contribution in [2.75, 3.05) is 13.1 Å². The number of nitrogens with zero attached hydrogens (tertiary/aromatic N) is 1. The van der Waals surface area contributed by atoms with Crippen molar-refractivity contribution >= 4 is 22.8 Å². The van der Waals surface area contributed by atoms with Crippen molar-refractivity contribution in [2.45, 2.75) is 59.0 Å². The minimum absolute atomic E-state index is 0.0937. The number of carbonyl (C=O) groups is 2. The Morgan fingerprint density at radius 1 is 1.12 bits per heavy atom. The first-order valence-electron chi connectivity index (χ1n) is 9.41. The number of benzene rings is 1. The monoisotopic (exact) mass is 357 g/mol. The lowest BCUT2D eigenvalue weighted by Gasteiger charge is -2.23. The van der Waals surface area contributed by atoms with E-state index in [1.54, 1.807) is 13.2 Å². The van der Waals surface area contributed by atoms with Gasteiger partial charge in [0.2, 0.25) is 0 Å². The van der Waals surface area contributed by atoms with Crippen LogP contribution < -0.4 is 0 Å². The van der Waals surface area contributed by atoms with E-state index in [9.17, 15) is 9.59 Å². The van der Waals surface area contributed by atoms with Crippen LogP contribution in [0.5, 0.6) is 0 Å². The van der Waals surface area contributed by atoms with Gasteiger partial charge in [0.25, 0.3) is 5.91 Å². The number of fused-ring (bicyclic) bond motifs is 1. The number of hydrogen-bond acceptors (Lipinski definition) is 4. The molecule has 140 valence electrons. The first-order valence-corrected chi connectivity index (χ1v) is 9.41. The summed E-state index contributed by atoms with van der Waals surface area (Å²) in [6.45, 7) is 7.23. The molecule has 1 fully saturated rings. The smallest absolute Gasteiger partial charge is 0.311 e. The molecule has 26 heavy (non-hydrogen) atoms. The number of aryl methyl sites for hydroxylation is 2. The molecule has 0 spiro atoms. The molecule has 1 amide bonds. The topological polar surface area (TPSA) is 59.8 Å². The lowest BCUT2D eigenvalue weighted by atomic mass is 10.0. The summed E-state index contributed by atoms with van der Waals surface area (Å²) in [5, 5.41) is 0.927. The highest BCUT2D eigenvalue weighted by Crippen LogP contribution is 2.25. The molecular weight excluding hydrogens is 330 g/mol. The SMILES string of the molecule is Cc1cc2occ(CC(=O)O[C@H](C)C(=O)N3CCCCCC3)c2cc1C. The zero-order valence-electron chi connectivity index (χ0n) is 15.8. The predicted octanol–water partition coefficient (Wildman–Crippen LogP) is 3.93. The summed E-state index contributed by atoms with van der Waals surface area (Å²) in [4.78, 5) is 26.7. The van der Waals surface area contributed by atoms with E-state index < -0.39 is 12.1 Å². The van der Waals surface area contributed by atoms with E-state index in [0.29, 0.717) is 0 Å². The van der Waals surface area contributed by atoms with Gasteiger partial charge in [-0.25, -0.2) is 0 Å². The van der Waals surface area contributed by atoms with Gasteiger partial charge in [-0.1, -0.05) is 12.8 Å². The second-order valence-corrected chi connectivity index (χ2v) is 7.24. The van der Waals surface area contributed by atoms with E-state index in [1.807, 2.05) is 30.9 Å². The van der Waals surface area contributed by atoms with Crippen LogP contribution in [-0.4, -0.2) is 36.0 Å². The summed E-state index contributed by atoms with van der Waals surface area (Å²) in [7, 11) is 0. The molecule has 0 N–H and O–H groups in total. The summed E-state index contributed by atoms with van der Waals surface area (Å²) in [6, 6.07) is 4.01. The molecule has 1 aliphatic rings. The minimum Gasteiger partial charge on any atom is -0.464 e. The molecule has 0 saturated carbocycles. The highest BCUT2D eigenvalue weighted by atomic mass is 16.5. The van der Waals surface area contributed by atoms with Gasteiger partial charge in [0.1, 0.15) is 5.58 Å². The van der Waals surface area contributed by atoms with Gasteiger partial charge in [0, 0.05) is 24.0 Å². The highest BCUT2D eigenvalue weighted by Gasteiger charge is 2.25. The molecule has 0 bridgehead atoms. The molecule has 5 nitrogen and oxygen atoms in total. The molecule has 5 heteroatoms. The molecule has 1 aromatic heterocycles. The summed E-state index contributed by atoms with van der Waals surface area (Å²) in [5.74, 6) is -0.495. The number of hydrogen-bond donors (Lipinski definition) is 0. The maximum absolute atomic E-state index is 12.5. The van der Waals surface area contributed by atoms with E-state index in [4.69, 9.17) is 9.15 Å². The summed E-state index contributed by atoms with van der Waals surface area (Å²) in [6.07, 6.45) is 5.31. The van der Waals surface area contributed by atoms with Gasteiger partial charge in [-0.3, -0.25) is 9.59 Å². The number of rotatable bonds is 4. The van der Waals surface area contributed by atoms with E-state index in [0.717, 1.165) is 66.4 Å². The first kappa shape index (κ1) is 18.5. The Bertz CT molecular complexity index is 800. The summed E-state index contributed by atoms with van der Waals surface area (Å²) in [5.41, 5.74) is 3.86. The average Bonchev–Trinajstić information content (AvgIpc) is 2.83. The second kappa shape index (κ2) is 7.94. The van der Waals surface area contributed by atoms with Crippen LogP contribution in [0.1, 0.15) is 49.3 Å². The normalized spacial score (nSPS) is 16.3. The van der Waals surface area contributed by atoms with Gasteiger partial charge in [-0.2, -0.15) is 0 Å². The van der Waals surface area contributed by atoms with Gasteiger partial charge in [-0.05, 0) is 56.9 Å². The highest BCUT2D eigenvalue weighted by molar-refractivity contribution is 5.88. The minimum atomic E-state index is -0.747. The third-order valence-electron chi connectivity index (χ3n) is 5.18. The van der Waals surface area contributed by atoms with Crippen molar-refractivity contribution in [1.82, 2.24) is 4.90 Å². The number of amides is 1. The molecule has 3 rings (SSSR count). The van der Waals surface area contributed by atoms with E-state index in [1.165, 1.54) is 0 Å². The van der Waals surface area contributed by atoms with Crippen molar-refractivity contribution in [1.29, 1.82) is 0 Å². The van der Waals surface area contributed by atoms with Crippen LogP contribution in [0.4, 0.5) is 0 Å². The Balaban J connectivity index is 1.63. The van der Waals surface area contributed by atoms with Crippen LogP contribution in [-0.2, 0) is 20.7 Å². The van der Waals surface area contributed by atoms with Crippen LogP contribution in [0.15, 0.2) is 22.8 Å². The Hall–Kier alpha value is -2.30. The molecule has 0 aliphatic carbocycles. The maximum atomic E-state index is 12.5. The number of furan rings is 1. The van der Waals surface area contributed by atoms with Crippen molar-refractivity contribution in [2.24, 2.45) is 0 Å². The molecule has 1 atom stereocenters. The van der Waals surface area contributed by atoms with Crippen LogP contribution >= 0.6 is 0 Å². The number of carbonyl (C=O) groups excluding carboxylic acids is 2. The van der Waals surface area contributed by atoms with E-state index >= 15 is 0 Å². The fourth-order valence-corrected chi connectivity index (χ4v) is 3.47. The Kier molecular flexibility index (Phi) is 5.64. The van der Waals surface area contributed by atoms with Gasteiger partial charge in [0.15, 0.2) is 6.10 Å². The second-order valence-electron chi connectivity index (χ2n) is 7.24. The van der Waals surface area contributed by atoms with Crippen LogP contribution in [0, 0.1) is 13.8 Å². The largest absolute Gasteiger partial charge is 0.464 e. The third kappa shape index (κ3) is 4.09. The molecule has 1 aliphatic heterocycles. The number of ether oxygens (including phenoxy) is 1. The quantitative estimate of drug-likeness (QED) is 0.778. The van der Waals surface area contributed by atoms with Crippen molar-refractivity contribution in [3.63, 3.8) is 0 Å². The molecule has 1 aromatic carbocycles. The van der Waals surface area contributed by atoms with Gasteiger partial charge >= 0.3 is 5.97 Å². The van der Waals surface area contributed by atoms with Gasteiger partial charge in [-0.15, -0.1) is 0 Å². The molecule has 0 unspecified atom stereocenters. The molecular formula is C21H27NO4.